The molecule has 1 N–H and O–H groups in total. The molecule has 0 unspecified atom stereocenters. The molecule has 16 heavy (non-hydrogen) atoms. The largest absolute Gasteiger partial charge is 0.389 e. The molecule has 1 atom stereocenters. The predicted octanol–water partition coefficient (Wildman–Crippen LogP) is 3.41. The van der Waals surface area contributed by atoms with E-state index in [4.69, 9.17) is 11.6 Å². The summed E-state index contributed by atoms with van der Waals surface area (Å²) in [5.41, 5.74) is 1.82. The van der Waals surface area contributed by atoms with Crippen molar-refractivity contribution >= 4 is 17.3 Å². The van der Waals surface area contributed by atoms with Crippen LogP contribution in [0.2, 0.25) is 5.02 Å². The van der Waals surface area contributed by atoms with Crippen molar-refractivity contribution in [2.24, 2.45) is 0 Å². The van der Waals surface area contributed by atoms with Crippen LogP contribution < -0.4 is 4.90 Å². The number of likely N-dealkylation sites (N-methyl/N-ethyl adjacent to an activating group) is 1. The minimum Gasteiger partial charge on any atom is -0.389 e. The van der Waals surface area contributed by atoms with Crippen LogP contribution in [0.15, 0.2) is 30.9 Å². The Labute approximate surface area is 102 Å². The molecule has 0 saturated heterocycles. The molecule has 0 aliphatic heterocycles. The maximum Gasteiger partial charge on any atom is 0.0762 e. The summed E-state index contributed by atoms with van der Waals surface area (Å²) in [5.74, 6) is 0. The molecular formula is C13H18ClNO. The third-order valence-electron chi connectivity index (χ3n) is 2.53. The zero-order valence-corrected chi connectivity index (χ0v) is 10.5. The lowest BCUT2D eigenvalue weighted by Crippen LogP contribution is -2.22. The van der Waals surface area contributed by atoms with Gasteiger partial charge in [0.15, 0.2) is 0 Å². The van der Waals surface area contributed by atoms with Crippen LogP contribution in [-0.4, -0.2) is 18.2 Å². The van der Waals surface area contributed by atoms with Crippen LogP contribution in [0.4, 0.5) is 5.69 Å². The van der Waals surface area contributed by atoms with Crippen molar-refractivity contribution in [3.63, 3.8) is 0 Å². The number of rotatable bonds is 5. The van der Waals surface area contributed by atoms with Crippen LogP contribution in [-0.2, 0) is 0 Å². The van der Waals surface area contributed by atoms with Gasteiger partial charge in [0.25, 0.3) is 0 Å². The molecule has 0 aliphatic rings. The van der Waals surface area contributed by atoms with Gasteiger partial charge in [-0.05, 0) is 31.5 Å². The monoisotopic (exact) mass is 239 g/mol. The Kier molecular flexibility index (Phi) is 4.84. The van der Waals surface area contributed by atoms with E-state index in [1.807, 2.05) is 24.3 Å². The van der Waals surface area contributed by atoms with Crippen LogP contribution in [0.5, 0.6) is 0 Å². The molecule has 1 rings (SSSR count). The minimum absolute atomic E-state index is 0.485. The highest BCUT2D eigenvalue weighted by atomic mass is 35.5. The van der Waals surface area contributed by atoms with Gasteiger partial charge in [0.1, 0.15) is 0 Å². The smallest absolute Gasteiger partial charge is 0.0762 e. The van der Waals surface area contributed by atoms with Gasteiger partial charge in [-0.25, -0.2) is 0 Å². The summed E-state index contributed by atoms with van der Waals surface area (Å²) in [5, 5.41) is 10.1. The number of aliphatic hydroxyl groups is 1. The third-order valence-corrected chi connectivity index (χ3v) is 2.83. The van der Waals surface area contributed by atoms with E-state index in [0.717, 1.165) is 24.3 Å². The molecular weight excluding hydrogens is 222 g/mol. The minimum atomic E-state index is -0.485. The average Bonchev–Trinajstić information content (AvgIpc) is 2.26. The van der Waals surface area contributed by atoms with Crippen molar-refractivity contribution in [3.8, 4) is 0 Å². The second-order valence-corrected chi connectivity index (χ2v) is 4.12. The number of hydrogen-bond donors (Lipinski definition) is 1. The van der Waals surface area contributed by atoms with Gasteiger partial charge in [-0.1, -0.05) is 23.7 Å². The SMILES string of the molecule is C=CCN(CC)c1ccc([C@@H](C)O)cc1Cl. The van der Waals surface area contributed by atoms with E-state index >= 15 is 0 Å². The third kappa shape index (κ3) is 3.00. The molecule has 0 radical (unpaired) electrons. The lowest BCUT2D eigenvalue weighted by atomic mass is 10.1. The average molecular weight is 240 g/mol. The van der Waals surface area contributed by atoms with Crippen molar-refractivity contribution < 1.29 is 5.11 Å². The van der Waals surface area contributed by atoms with E-state index in [9.17, 15) is 5.11 Å². The first-order chi connectivity index (χ1) is 7.60. The molecule has 2 nitrogen and oxygen atoms in total. The molecule has 0 amide bonds. The van der Waals surface area contributed by atoms with Crippen LogP contribution in [0.3, 0.4) is 0 Å². The Bertz CT molecular complexity index is 363. The Balaban J connectivity index is 3.01. The molecule has 1 aromatic carbocycles. The van der Waals surface area contributed by atoms with Gasteiger partial charge in [-0.15, -0.1) is 6.58 Å². The van der Waals surface area contributed by atoms with E-state index in [0.29, 0.717) is 5.02 Å². The van der Waals surface area contributed by atoms with Crippen LogP contribution >= 0.6 is 11.6 Å². The van der Waals surface area contributed by atoms with Crippen molar-refractivity contribution in [2.45, 2.75) is 20.0 Å². The molecule has 0 bridgehead atoms. The molecule has 1 aromatic rings. The highest BCUT2D eigenvalue weighted by Crippen LogP contribution is 2.28. The molecule has 88 valence electrons. The zero-order valence-electron chi connectivity index (χ0n) is 9.78. The molecule has 0 saturated carbocycles. The van der Waals surface area contributed by atoms with Crippen molar-refractivity contribution in [1.29, 1.82) is 0 Å². The number of halogens is 1. The highest BCUT2D eigenvalue weighted by molar-refractivity contribution is 6.33. The number of benzene rings is 1. The molecule has 0 spiro atoms. The van der Waals surface area contributed by atoms with E-state index < -0.39 is 6.10 Å². The maximum atomic E-state index is 9.45. The predicted molar refractivity (Wildman–Crippen MR) is 70.2 cm³/mol. The fraction of sp³-hybridized carbons (Fsp3) is 0.385. The van der Waals surface area contributed by atoms with Gasteiger partial charge in [0.2, 0.25) is 0 Å². The highest BCUT2D eigenvalue weighted by Gasteiger charge is 2.09. The second kappa shape index (κ2) is 5.92. The number of anilines is 1. The summed E-state index contributed by atoms with van der Waals surface area (Å²) in [4.78, 5) is 2.13. The van der Waals surface area contributed by atoms with Crippen LogP contribution in [0.25, 0.3) is 0 Å². The summed E-state index contributed by atoms with van der Waals surface area (Å²) in [7, 11) is 0. The van der Waals surface area contributed by atoms with Gasteiger partial charge < -0.3 is 10.0 Å². The lowest BCUT2D eigenvalue weighted by Gasteiger charge is -2.23. The van der Waals surface area contributed by atoms with E-state index in [-0.39, 0.29) is 0 Å². The Morgan fingerprint density at radius 2 is 2.25 bits per heavy atom. The first kappa shape index (κ1) is 13.1. The summed E-state index contributed by atoms with van der Waals surface area (Å²) in [6, 6.07) is 5.66. The molecule has 0 heterocycles. The topological polar surface area (TPSA) is 23.5 Å². The first-order valence-corrected chi connectivity index (χ1v) is 5.81. The van der Waals surface area contributed by atoms with Gasteiger partial charge in [-0.2, -0.15) is 0 Å². The van der Waals surface area contributed by atoms with Gasteiger partial charge in [-0.3, -0.25) is 0 Å². The normalized spacial score (nSPS) is 12.2. The Morgan fingerprint density at radius 3 is 2.69 bits per heavy atom. The summed E-state index contributed by atoms with van der Waals surface area (Å²) in [6.07, 6.45) is 1.36. The lowest BCUT2D eigenvalue weighted by molar-refractivity contribution is 0.199. The first-order valence-electron chi connectivity index (χ1n) is 5.43. The van der Waals surface area contributed by atoms with Crippen LogP contribution in [0, 0.1) is 0 Å². The quantitative estimate of drug-likeness (QED) is 0.796. The Morgan fingerprint density at radius 1 is 1.56 bits per heavy atom. The standard InChI is InChI=1S/C13H18ClNO/c1-4-8-15(5-2)13-7-6-11(10(3)16)9-12(13)14/h4,6-7,9-10,16H,1,5,8H2,2-3H3/t10-/m1/s1. The van der Waals surface area contributed by atoms with E-state index in [1.165, 1.54) is 0 Å². The molecule has 0 aliphatic carbocycles. The van der Waals surface area contributed by atoms with Crippen molar-refractivity contribution in [3.05, 3.63) is 41.4 Å². The molecule has 0 fully saturated rings. The van der Waals surface area contributed by atoms with Gasteiger partial charge >= 0.3 is 0 Å². The zero-order chi connectivity index (χ0) is 12.1. The number of nitrogens with zero attached hydrogens (tertiary/aromatic N) is 1. The summed E-state index contributed by atoms with van der Waals surface area (Å²) in [6.45, 7) is 9.17. The second-order valence-electron chi connectivity index (χ2n) is 3.71. The fourth-order valence-electron chi connectivity index (χ4n) is 1.59. The van der Waals surface area contributed by atoms with Crippen molar-refractivity contribution in [1.82, 2.24) is 0 Å². The fourth-order valence-corrected chi connectivity index (χ4v) is 1.90. The number of hydrogen-bond acceptors (Lipinski definition) is 2. The summed E-state index contributed by atoms with van der Waals surface area (Å²) >= 11 is 6.20. The van der Waals surface area contributed by atoms with Crippen LogP contribution in [0.1, 0.15) is 25.5 Å². The summed E-state index contributed by atoms with van der Waals surface area (Å²) < 4.78 is 0. The maximum absolute atomic E-state index is 9.45. The molecule has 0 aromatic heterocycles. The van der Waals surface area contributed by atoms with E-state index in [2.05, 4.69) is 18.4 Å². The van der Waals surface area contributed by atoms with Gasteiger partial charge in [0.05, 0.1) is 16.8 Å². The van der Waals surface area contributed by atoms with E-state index in [1.54, 1.807) is 6.92 Å². The van der Waals surface area contributed by atoms with Gasteiger partial charge in [0, 0.05) is 13.1 Å². The van der Waals surface area contributed by atoms with Crippen molar-refractivity contribution in [2.75, 3.05) is 18.0 Å². The Hall–Kier alpha value is -0.990. The molecule has 3 heteroatoms. The number of aliphatic hydroxyl groups excluding tert-OH is 1.